The van der Waals surface area contributed by atoms with Gasteiger partial charge in [-0.15, -0.1) is 0 Å². The molecule has 152 valence electrons. The fraction of sp³-hybridized carbons (Fsp3) is 0.182. The SMILES string of the molecule is CCCc1ccc(C(F)(F)Oc2ccc(-c3ccc(F)c(F)c3)cc2)c(F)c1F. The Bertz CT molecular complexity index is 1010. The zero-order chi connectivity index (χ0) is 21.2. The van der Waals surface area contributed by atoms with Gasteiger partial charge >= 0.3 is 6.11 Å². The van der Waals surface area contributed by atoms with Crippen molar-refractivity contribution in [2.45, 2.75) is 25.9 Å². The van der Waals surface area contributed by atoms with Crippen LogP contribution in [-0.4, -0.2) is 0 Å². The Morgan fingerprint density at radius 3 is 2.03 bits per heavy atom. The van der Waals surface area contributed by atoms with Crippen molar-refractivity contribution in [1.29, 1.82) is 0 Å². The molecule has 0 unspecified atom stereocenters. The number of rotatable bonds is 6. The molecule has 0 fully saturated rings. The van der Waals surface area contributed by atoms with Gasteiger partial charge in [-0.3, -0.25) is 0 Å². The molecule has 0 saturated heterocycles. The lowest BCUT2D eigenvalue weighted by Crippen LogP contribution is -2.24. The molecule has 3 aromatic rings. The highest BCUT2D eigenvalue weighted by atomic mass is 19.3. The number of benzene rings is 3. The molecule has 3 rings (SSSR count). The average molecular weight is 410 g/mol. The lowest BCUT2D eigenvalue weighted by molar-refractivity contribution is -0.187. The van der Waals surface area contributed by atoms with E-state index in [2.05, 4.69) is 4.74 Å². The molecule has 0 aliphatic heterocycles. The summed E-state index contributed by atoms with van der Waals surface area (Å²) in [6, 6.07) is 10.2. The maximum absolute atomic E-state index is 14.4. The third-order valence-corrected chi connectivity index (χ3v) is 4.35. The van der Waals surface area contributed by atoms with Gasteiger partial charge < -0.3 is 4.74 Å². The maximum atomic E-state index is 14.4. The summed E-state index contributed by atoms with van der Waals surface area (Å²) in [4.78, 5) is 0. The highest BCUT2D eigenvalue weighted by molar-refractivity contribution is 5.64. The first-order valence-electron chi connectivity index (χ1n) is 8.82. The fourth-order valence-corrected chi connectivity index (χ4v) is 2.87. The van der Waals surface area contributed by atoms with Gasteiger partial charge in [0.15, 0.2) is 23.3 Å². The molecule has 0 amide bonds. The second-order valence-corrected chi connectivity index (χ2v) is 6.42. The molecule has 29 heavy (non-hydrogen) atoms. The standard InChI is InChI=1S/C22H16F6O/c1-2-3-14-6-10-17(21(26)20(14)25)22(27,28)29-16-8-4-13(5-9-16)15-7-11-18(23)19(24)12-15/h4-12H,2-3H2,1H3. The molecule has 3 aromatic carbocycles. The molecule has 0 aliphatic rings. The van der Waals surface area contributed by atoms with Crippen LogP contribution in [-0.2, 0) is 12.5 Å². The minimum Gasteiger partial charge on any atom is -0.429 e. The van der Waals surface area contributed by atoms with Crippen molar-refractivity contribution in [2.24, 2.45) is 0 Å². The van der Waals surface area contributed by atoms with Gasteiger partial charge in [-0.1, -0.05) is 37.6 Å². The molecule has 0 aromatic heterocycles. The third-order valence-electron chi connectivity index (χ3n) is 4.35. The molecule has 0 saturated carbocycles. The first kappa shape index (κ1) is 20.8. The van der Waals surface area contributed by atoms with Crippen LogP contribution in [0.1, 0.15) is 24.5 Å². The first-order valence-corrected chi connectivity index (χ1v) is 8.82. The van der Waals surface area contributed by atoms with Gasteiger partial charge in [-0.25, -0.2) is 17.6 Å². The van der Waals surface area contributed by atoms with Gasteiger partial charge in [0.05, 0.1) is 0 Å². The van der Waals surface area contributed by atoms with Crippen molar-refractivity contribution in [3.8, 4) is 16.9 Å². The van der Waals surface area contributed by atoms with E-state index in [1.54, 1.807) is 6.92 Å². The summed E-state index contributed by atoms with van der Waals surface area (Å²) >= 11 is 0. The summed E-state index contributed by atoms with van der Waals surface area (Å²) in [7, 11) is 0. The topological polar surface area (TPSA) is 9.23 Å². The Kier molecular flexibility index (Phi) is 5.86. The van der Waals surface area contributed by atoms with Crippen LogP contribution >= 0.6 is 0 Å². The predicted molar refractivity (Wildman–Crippen MR) is 96.7 cm³/mol. The number of hydrogen-bond donors (Lipinski definition) is 0. The summed E-state index contributed by atoms with van der Waals surface area (Å²) in [5.74, 6) is -5.33. The predicted octanol–water partition coefficient (Wildman–Crippen LogP) is 6.99. The Morgan fingerprint density at radius 2 is 1.41 bits per heavy atom. The monoisotopic (exact) mass is 410 g/mol. The molecular weight excluding hydrogens is 394 g/mol. The second-order valence-electron chi connectivity index (χ2n) is 6.42. The minimum absolute atomic E-state index is 0.0143. The molecule has 0 spiro atoms. The number of halogens is 6. The van der Waals surface area contributed by atoms with Gasteiger partial charge in [0.1, 0.15) is 11.3 Å². The normalized spacial score (nSPS) is 11.6. The van der Waals surface area contributed by atoms with Crippen molar-refractivity contribution < 1.29 is 31.1 Å². The quantitative estimate of drug-likeness (QED) is 0.398. The first-order chi connectivity index (χ1) is 13.7. The summed E-state index contributed by atoms with van der Waals surface area (Å²) in [6.45, 7) is 1.76. The van der Waals surface area contributed by atoms with Crippen molar-refractivity contribution in [1.82, 2.24) is 0 Å². The van der Waals surface area contributed by atoms with Crippen LogP contribution in [0.3, 0.4) is 0 Å². The largest absolute Gasteiger partial charge is 0.429 e. The van der Waals surface area contributed by atoms with Gasteiger partial charge in [0.25, 0.3) is 0 Å². The van der Waals surface area contributed by atoms with Crippen LogP contribution in [0.15, 0.2) is 54.6 Å². The summed E-state index contributed by atoms with van der Waals surface area (Å²) in [6.07, 6.45) is -3.35. The molecular formula is C22H16F6O. The van der Waals surface area contributed by atoms with Crippen molar-refractivity contribution in [2.75, 3.05) is 0 Å². The number of alkyl halides is 2. The van der Waals surface area contributed by atoms with Gasteiger partial charge in [0, 0.05) is 0 Å². The summed E-state index contributed by atoms with van der Waals surface area (Å²) in [5.41, 5.74) is -0.428. The summed E-state index contributed by atoms with van der Waals surface area (Å²) < 4.78 is 87.9. The molecule has 0 heterocycles. The lowest BCUT2D eigenvalue weighted by atomic mass is 10.0. The van der Waals surface area contributed by atoms with E-state index in [4.69, 9.17) is 0 Å². The number of ether oxygens (including phenoxy) is 1. The van der Waals surface area contributed by atoms with Crippen molar-refractivity contribution >= 4 is 0 Å². The minimum atomic E-state index is -4.11. The second kappa shape index (κ2) is 8.19. The third kappa shape index (κ3) is 4.39. The lowest BCUT2D eigenvalue weighted by Gasteiger charge is -2.20. The summed E-state index contributed by atoms with van der Waals surface area (Å²) in [5, 5.41) is 0. The highest BCUT2D eigenvalue weighted by Crippen LogP contribution is 2.35. The molecule has 0 aliphatic carbocycles. The fourth-order valence-electron chi connectivity index (χ4n) is 2.87. The molecule has 1 nitrogen and oxygen atoms in total. The van der Waals surface area contributed by atoms with Crippen LogP contribution < -0.4 is 4.74 Å². The van der Waals surface area contributed by atoms with E-state index in [1.807, 2.05) is 0 Å². The van der Waals surface area contributed by atoms with E-state index in [0.717, 1.165) is 24.3 Å². The van der Waals surface area contributed by atoms with Gasteiger partial charge in [-0.2, -0.15) is 8.78 Å². The Balaban J connectivity index is 1.83. The van der Waals surface area contributed by atoms with Crippen LogP contribution in [0.4, 0.5) is 26.3 Å². The Morgan fingerprint density at radius 1 is 0.759 bits per heavy atom. The Hall–Kier alpha value is -2.96. The van der Waals surface area contributed by atoms with Crippen LogP contribution in [0.5, 0.6) is 5.75 Å². The van der Waals surface area contributed by atoms with E-state index in [1.165, 1.54) is 30.3 Å². The Labute approximate surface area is 163 Å². The van der Waals surface area contributed by atoms with E-state index in [9.17, 15) is 26.3 Å². The smallest absolute Gasteiger partial charge is 0.429 e. The molecule has 7 heteroatoms. The van der Waals surface area contributed by atoms with Gasteiger partial charge in [0.2, 0.25) is 0 Å². The molecule has 0 N–H and O–H groups in total. The molecule has 0 radical (unpaired) electrons. The van der Waals surface area contributed by atoms with Gasteiger partial charge in [-0.05, 0) is 53.4 Å². The zero-order valence-corrected chi connectivity index (χ0v) is 15.3. The highest BCUT2D eigenvalue weighted by Gasteiger charge is 2.39. The molecule has 0 bridgehead atoms. The van der Waals surface area contributed by atoms with Crippen LogP contribution in [0.2, 0.25) is 0 Å². The van der Waals surface area contributed by atoms with Crippen LogP contribution in [0.25, 0.3) is 11.1 Å². The van der Waals surface area contributed by atoms with Crippen molar-refractivity contribution in [3.63, 3.8) is 0 Å². The van der Waals surface area contributed by atoms with Crippen molar-refractivity contribution in [3.05, 3.63) is 89.0 Å². The van der Waals surface area contributed by atoms with E-state index in [0.29, 0.717) is 17.5 Å². The number of hydrogen-bond acceptors (Lipinski definition) is 1. The molecule has 0 atom stereocenters. The van der Waals surface area contributed by atoms with E-state index >= 15 is 0 Å². The number of aryl methyl sites for hydroxylation is 1. The van der Waals surface area contributed by atoms with E-state index < -0.39 is 34.9 Å². The van der Waals surface area contributed by atoms with E-state index in [-0.39, 0.29) is 17.7 Å². The van der Waals surface area contributed by atoms with Crippen LogP contribution in [0, 0.1) is 23.3 Å². The maximum Gasteiger partial charge on any atom is 0.429 e. The average Bonchev–Trinajstić information content (AvgIpc) is 2.68. The zero-order valence-electron chi connectivity index (χ0n) is 15.3.